The Labute approximate surface area is 211 Å². The van der Waals surface area contributed by atoms with Gasteiger partial charge < -0.3 is 9.47 Å². The Morgan fingerprint density at radius 1 is 0.971 bits per heavy atom. The summed E-state index contributed by atoms with van der Waals surface area (Å²) in [6.07, 6.45) is 8.24. The molecule has 34 heavy (non-hydrogen) atoms. The monoisotopic (exact) mass is 500 g/mol. The van der Waals surface area contributed by atoms with Crippen molar-refractivity contribution >= 4 is 29.1 Å². The van der Waals surface area contributed by atoms with Gasteiger partial charge in [0.05, 0.1) is 35.3 Å². The Kier molecular flexibility index (Phi) is 8.15. The molecule has 0 radical (unpaired) electrons. The van der Waals surface area contributed by atoms with E-state index >= 15 is 0 Å². The van der Waals surface area contributed by atoms with Crippen LogP contribution in [0.15, 0.2) is 18.2 Å². The first-order chi connectivity index (χ1) is 16.3. The fraction of sp³-hybridized carbons (Fsp3) is 0.615. The highest BCUT2D eigenvalue weighted by molar-refractivity contribution is 6.35. The maximum absolute atomic E-state index is 10.3. The zero-order valence-corrected chi connectivity index (χ0v) is 21.2. The van der Waals surface area contributed by atoms with E-state index in [1.807, 2.05) is 0 Å². The summed E-state index contributed by atoms with van der Waals surface area (Å²) >= 11 is 12.6. The summed E-state index contributed by atoms with van der Waals surface area (Å²) in [5.74, 6) is -2.82. The molecule has 6 nitrogen and oxygen atoms in total. The lowest BCUT2D eigenvalue weighted by Gasteiger charge is -2.49. The predicted molar refractivity (Wildman–Crippen MR) is 130 cm³/mol. The molecule has 2 saturated heterocycles. The SMILES string of the molecule is CCCCCCCCCCC1OC2(c3ccc(Cl)cc3Cl)OC(=N)C(C#N)(C2C)C1(C#N)C#N. The van der Waals surface area contributed by atoms with E-state index in [1.165, 1.54) is 25.7 Å². The van der Waals surface area contributed by atoms with Crippen LogP contribution in [0.5, 0.6) is 0 Å². The number of benzene rings is 1. The molecule has 4 atom stereocenters. The number of fused-ring (bicyclic) bond motifs is 2. The molecule has 1 aromatic carbocycles. The average molecular weight is 501 g/mol. The normalized spacial score (nSPS) is 29.0. The van der Waals surface area contributed by atoms with E-state index in [1.54, 1.807) is 25.1 Å². The molecule has 2 bridgehead atoms. The molecular formula is C26H30Cl2N4O2. The van der Waals surface area contributed by atoms with Gasteiger partial charge in [0.25, 0.3) is 0 Å². The second-order valence-corrected chi connectivity index (χ2v) is 10.1. The summed E-state index contributed by atoms with van der Waals surface area (Å²) in [7, 11) is 0. The lowest BCUT2D eigenvalue weighted by molar-refractivity contribution is -0.286. The van der Waals surface area contributed by atoms with Gasteiger partial charge in [-0.15, -0.1) is 0 Å². The van der Waals surface area contributed by atoms with Crippen molar-refractivity contribution in [1.82, 2.24) is 0 Å². The van der Waals surface area contributed by atoms with E-state index in [9.17, 15) is 15.8 Å². The van der Waals surface area contributed by atoms with Crippen molar-refractivity contribution in [2.45, 2.75) is 83.5 Å². The number of nitrogens with one attached hydrogen (secondary N) is 1. The lowest BCUT2D eigenvalue weighted by Crippen LogP contribution is -2.61. The summed E-state index contributed by atoms with van der Waals surface area (Å²) in [5.41, 5.74) is -3.24. The summed E-state index contributed by atoms with van der Waals surface area (Å²) in [6, 6.07) is 11.1. The van der Waals surface area contributed by atoms with Crippen LogP contribution in [0.1, 0.15) is 77.2 Å². The number of rotatable bonds is 10. The van der Waals surface area contributed by atoms with Crippen molar-refractivity contribution in [3.05, 3.63) is 33.8 Å². The predicted octanol–water partition coefficient (Wildman–Crippen LogP) is 7.26. The number of hydrogen-bond acceptors (Lipinski definition) is 6. The molecule has 2 aliphatic heterocycles. The van der Waals surface area contributed by atoms with Gasteiger partial charge in [0.2, 0.25) is 11.7 Å². The third kappa shape index (κ3) is 3.95. The van der Waals surface area contributed by atoms with Crippen LogP contribution in [0.25, 0.3) is 0 Å². The van der Waals surface area contributed by atoms with Crippen LogP contribution < -0.4 is 0 Å². The van der Waals surface area contributed by atoms with Gasteiger partial charge in [0.15, 0.2) is 10.8 Å². The highest BCUT2D eigenvalue weighted by Gasteiger charge is 2.79. The molecule has 180 valence electrons. The van der Waals surface area contributed by atoms with Gasteiger partial charge in [-0.25, -0.2) is 0 Å². The largest absolute Gasteiger partial charge is 0.443 e. The second kappa shape index (κ2) is 10.5. The minimum absolute atomic E-state index is 0.271. The quantitative estimate of drug-likeness (QED) is 0.339. The van der Waals surface area contributed by atoms with E-state index in [0.717, 1.165) is 25.7 Å². The highest BCUT2D eigenvalue weighted by atomic mass is 35.5. The average Bonchev–Trinajstić information content (AvgIpc) is 2.97. The van der Waals surface area contributed by atoms with Gasteiger partial charge in [0, 0.05) is 10.6 Å². The van der Waals surface area contributed by atoms with Crippen LogP contribution >= 0.6 is 23.2 Å². The smallest absolute Gasteiger partial charge is 0.245 e. The first kappa shape index (κ1) is 26.3. The van der Waals surface area contributed by atoms with Crippen molar-refractivity contribution in [2.24, 2.45) is 16.7 Å². The first-order valence-electron chi connectivity index (χ1n) is 11.9. The Bertz CT molecular complexity index is 1040. The number of unbranched alkanes of at least 4 members (excludes halogenated alkanes) is 7. The van der Waals surface area contributed by atoms with Crippen LogP contribution in [-0.4, -0.2) is 12.0 Å². The summed E-state index contributed by atoms with van der Waals surface area (Å²) in [5, 5.41) is 40.1. The minimum atomic E-state index is -1.88. The minimum Gasteiger partial charge on any atom is -0.443 e. The number of halogens is 2. The van der Waals surface area contributed by atoms with Crippen molar-refractivity contribution < 1.29 is 9.47 Å². The van der Waals surface area contributed by atoms with Crippen molar-refractivity contribution in [3.63, 3.8) is 0 Å². The van der Waals surface area contributed by atoms with Crippen LogP contribution in [-0.2, 0) is 15.3 Å². The van der Waals surface area contributed by atoms with E-state index in [4.69, 9.17) is 38.1 Å². The molecular weight excluding hydrogens is 471 g/mol. The van der Waals surface area contributed by atoms with E-state index in [2.05, 4.69) is 25.1 Å². The summed E-state index contributed by atoms with van der Waals surface area (Å²) < 4.78 is 12.4. The zero-order valence-electron chi connectivity index (χ0n) is 19.7. The Morgan fingerprint density at radius 2 is 1.59 bits per heavy atom. The van der Waals surface area contributed by atoms with Gasteiger partial charge in [0.1, 0.15) is 0 Å². The van der Waals surface area contributed by atoms with E-state index in [-0.39, 0.29) is 5.02 Å². The van der Waals surface area contributed by atoms with Gasteiger partial charge in [-0.3, -0.25) is 5.41 Å². The number of nitrogens with zero attached hydrogens (tertiary/aromatic N) is 3. The molecule has 4 unspecified atom stereocenters. The summed E-state index contributed by atoms with van der Waals surface area (Å²) in [4.78, 5) is 0. The molecule has 0 spiro atoms. The van der Waals surface area contributed by atoms with Crippen molar-refractivity contribution in [3.8, 4) is 18.2 Å². The molecule has 1 N–H and O–H groups in total. The van der Waals surface area contributed by atoms with Crippen molar-refractivity contribution in [1.29, 1.82) is 21.2 Å². The van der Waals surface area contributed by atoms with Crippen LogP contribution in [0.4, 0.5) is 0 Å². The molecule has 0 aromatic heterocycles. The van der Waals surface area contributed by atoms with Crippen molar-refractivity contribution in [2.75, 3.05) is 0 Å². The Balaban J connectivity index is 1.93. The van der Waals surface area contributed by atoms with Gasteiger partial charge in [-0.2, -0.15) is 15.8 Å². The Morgan fingerprint density at radius 3 is 2.15 bits per heavy atom. The van der Waals surface area contributed by atoms with Crippen LogP contribution in [0, 0.1) is 56.2 Å². The molecule has 1 aromatic rings. The van der Waals surface area contributed by atoms with Gasteiger partial charge in [-0.05, 0) is 24.6 Å². The molecule has 0 amide bonds. The number of ether oxygens (including phenoxy) is 2. The molecule has 2 heterocycles. The topological polar surface area (TPSA) is 114 Å². The standard InChI is InChI=1S/C26H30Cl2N4O2/c1-3-4-5-6-7-8-9-10-11-22-24(15-29,16-30)25(17-31)18(2)26(33-22,34-23(25)32)20-13-12-19(27)14-21(20)28/h12-14,18,22,32H,3-11H2,1-2H3. The zero-order chi connectivity index (χ0) is 25.0. The highest BCUT2D eigenvalue weighted by Crippen LogP contribution is 2.66. The lowest BCUT2D eigenvalue weighted by atomic mass is 9.53. The molecule has 3 rings (SSSR count). The van der Waals surface area contributed by atoms with Gasteiger partial charge >= 0.3 is 0 Å². The Hall–Kier alpha value is -2.30. The fourth-order valence-electron chi connectivity index (χ4n) is 5.45. The first-order valence-corrected chi connectivity index (χ1v) is 12.7. The third-order valence-electron chi connectivity index (χ3n) is 7.41. The molecule has 0 saturated carbocycles. The third-order valence-corrected chi connectivity index (χ3v) is 7.96. The molecule has 2 aliphatic rings. The van der Waals surface area contributed by atoms with E-state index in [0.29, 0.717) is 17.0 Å². The second-order valence-electron chi connectivity index (χ2n) is 9.27. The molecule has 0 aliphatic carbocycles. The number of nitriles is 3. The van der Waals surface area contributed by atoms with Gasteiger partial charge in [-0.1, -0.05) is 88.4 Å². The maximum Gasteiger partial charge on any atom is 0.245 e. The van der Waals surface area contributed by atoms with E-state index < -0.39 is 34.5 Å². The molecule has 8 heteroatoms. The van der Waals surface area contributed by atoms with Crippen LogP contribution in [0.2, 0.25) is 10.0 Å². The summed E-state index contributed by atoms with van der Waals surface area (Å²) in [6.45, 7) is 3.86. The molecule has 2 fully saturated rings. The maximum atomic E-state index is 10.3. The number of hydrogen-bond donors (Lipinski definition) is 1. The fourth-order valence-corrected chi connectivity index (χ4v) is 5.99. The van der Waals surface area contributed by atoms with Crippen LogP contribution in [0.3, 0.4) is 0 Å².